The van der Waals surface area contributed by atoms with Crippen molar-refractivity contribution in [2.75, 3.05) is 31.1 Å². The van der Waals surface area contributed by atoms with Crippen LogP contribution in [-0.4, -0.2) is 43.0 Å². The lowest BCUT2D eigenvalue weighted by atomic mass is 10.2. The number of nitrogens with zero attached hydrogens (tertiary/aromatic N) is 2. The molecule has 0 radical (unpaired) electrons. The van der Waals surface area contributed by atoms with Gasteiger partial charge in [-0.2, -0.15) is 0 Å². The van der Waals surface area contributed by atoms with E-state index in [0.717, 1.165) is 25.9 Å². The van der Waals surface area contributed by atoms with Crippen LogP contribution in [0.2, 0.25) is 0 Å². The van der Waals surface area contributed by atoms with Gasteiger partial charge in [0.05, 0.1) is 18.7 Å². The van der Waals surface area contributed by atoms with Crippen molar-refractivity contribution < 1.29 is 13.6 Å². The molecule has 0 bridgehead atoms. The molecule has 0 aliphatic carbocycles. The average Bonchev–Trinajstić information content (AvgIpc) is 2.99. The number of hydrogen-bond donors (Lipinski definition) is 2. The van der Waals surface area contributed by atoms with Gasteiger partial charge in [-0.05, 0) is 25.0 Å². The van der Waals surface area contributed by atoms with E-state index in [1.165, 1.54) is 0 Å². The molecule has 0 atom stereocenters. The molecule has 1 aromatic rings. The topological polar surface area (TPSA) is 71.2 Å². The predicted octanol–water partition coefficient (Wildman–Crippen LogP) is 1.01. The second kappa shape index (κ2) is 6.13. The summed E-state index contributed by atoms with van der Waals surface area (Å²) in [5.74, 6) is -3.09. The fourth-order valence-corrected chi connectivity index (χ4v) is 2.13. The molecule has 1 aliphatic rings. The quantitative estimate of drug-likeness (QED) is 0.846. The summed E-state index contributed by atoms with van der Waals surface area (Å²) < 4.78 is 26.1. The number of nitrogens with two attached hydrogens (primary N) is 1. The van der Waals surface area contributed by atoms with Crippen molar-refractivity contribution in [3.8, 4) is 0 Å². The van der Waals surface area contributed by atoms with E-state index in [1.807, 2.05) is 4.90 Å². The van der Waals surface area contributed by atoms with Gasteiger partial charge in [-0.25, -0.2) is 13.8 Å². The summed E-state index contributed by atoms with van der Waals surface area (Å²) in [5, 5.41) is 2.22. The first-order chi connectivity index (χ1) is 9.53. The molecule has 1 aliphatic heterocycles. The Balaban J connectivity index is 2.09. The van der Waals surface area contributed by atoms with E-state index >= 15 is 0 Å². The zero-order chi connectivity index (χ0) is 14.6. The Labute approximate surface area is 116 Å². The van der Waals surface area contributed by atoms with Crippen molar-refractivity contribution >= 4 is 11.7 Å². The minimum absolute atomic E-state index is 0.322. The molecular formula is C13H18F2N4O. The third-order valence-electron chi connectivity index (χ3n) is 3.24. The van der Waals surface area contributed by atoms with Gasteiger partial charge in [0, 0.05) is 19.3 Å². The SMILES string of the molecule is NCC(F)(F)CNC(=O)c1cccnc1N1CCCC1. The molecule has 5 nitrogen and oxygen atoms in total. The van der Waals surface area contributed by atoms with E-state index in [4.69, 9.17) is 5.73 Å². The highest BCUT2D eigenvalue weighted by molar-refractivity contribution is 5.98. The third-order valence-corrected chi connectivity index (χ3v) is 3.24. The lowest BCUT2D eigenvalue weighted by Crippen LogP contribution is -2.42. The van der Waals surface area contributed by atoms with Crippen molar-refractivity contribution in [3.63, 3.8) is 0 Å². The summed E-state index contributed by atoms with van der Waals surface area (Å²) in [6.07, 6.45) is 3.69. The number of pyridine rings is 1. The zero-order valence-electron chi connectivity index (χ0n) is 11.1. The fourth-order valence-electron chi connectivity index (χ4n) is 2.13. The Bertz CT molecular complexity index is 475. The first kappa shape index (κ1) is 14.6. The van der Waals surface area contributed by atoms with Crippen LogP contribution in [0.15, 0.2) is 18.3 Å². The summed E-state index contributed by atoms with van der Waals surface area (Å²) in [6.45, 7) is 0.0997. The van der Waals surface area contributed by atoms with E-state index in [-0.39, 0.29) is 0 Å². The summed E-state index contributed by atoms with van der Waals surface area (Å²) in [5.41, 5.74) is 5.26. The molecule has 0 spiro atoms. The number of carbonyl (C=O) groups excluding carboxylic acids is 1. The van der Waals surface area contributed by atoms with Gasteiger partial charge in [-0.15, -0.1) is 0 Å². The van der Waals surface area contributed by atoms with E-state index in [2.05, 4.69) is 10.3 Å². The van der Waals surface area contributed by atoms with Crippen LogP contribution in [0.25, 0.3) is 0 Å². The van der Waals surface area contributed by atoms with Crippen LogP contribution in [-0.2, 0) is 0 Å². The highest BCUT2D eigenvalue weighted by atomic mass is 19.3. The van der Waals surface area contributed by atoms with Crippen molar-refractivity contribution in [1.82, 2.24) is 10.3 Å². The van der Waals surface area contributed by atoms with Crippen molar-refractivity contribution in [1.29, 1.82) is 0 Å². The highest BCUT2D eigenvalue weighted by Crippen LogP contribution is 2.22. The molecule has 0 unspecified atom stereocenters. The number of amides is 1. The van der Waals surface area contributed by atoms with E-state index in [0.29, 0.717) is 11.4 Å². The zero-order valence-corrected chi connectivity index (χ0v) is 11.1. The van der Waals surface area contributed by atoms with Crippen molar-refractivity contribution in [2.24, 2.45) is 5.73 Å². The molecular weight excluding hydrogens is 266 g/mol. The summed E-state index contributed by atoms with van der Waals surface area (Å²) in [7, 11) is 0. The van der Waals surface area contributed by atoms with Gasteiger partial charge in [-0.3, -0.25) is 4.79 Å². The molecule has 1 fully saturated rings. The normalized spacial score (nSPS) is 15.4. The Morgan fingerprint density at radius 3 is 2.80 bits per heavy atom. The van der Waals surface area contributed by atoms with Crippen LogP contribution in [0.3, 0.4) is 0 Å². The van der Waals surface area contributed by atoms with Gasteiger partial charge in [-0.1, -0.05) is 0 Å². The Morgan fingerprint density at radius 1 is 1.45 bits per heavy atom. The summed E-state index contributed by atoms with van der Waals surface area (Å²) in [6, 6.07) is 3.21. The molecule has 1 amide bonds. The number of rotatable bonds is 5. The smallest absolute Gasteiger partial charge is 0.277 e. The highest BCUT2D eigenvalue weighted by Gasteiger charge is 2.28. The van der Waals surface area contributed by atoms with E-state index in [9.17, 15) is 13.6 Å². The van der Waals surface area contributed by atoms with Gasteiger partial charge < -0.3 is 16.0 Å². The van der Waals surface area contributed by atoms with Crippen LogP contribution < -0.4 is 16.0 Å². The summed E-state index contributed by atoms with van der Waals surface area (Å²) >= 11 is 0. The largest absolute Gasteiger partial charge is 0.356 e. The maximum atomic E-state index is 13.1. The first-order valence-electron chi connectivity index (χ1n) is 6.59. The van der Waals surface area contributed by atoms with Crippen LogP contribution in [0.5, 0.6) is 0 Å². The number of carbonyl (C=O) groups is 1. The number of nitrogens with one attached hydrogen (secondary N) is 1. The first-order valence-corrected chi connectivity index (χ1v) is 6.59. The lowest BCUT2D eigenvalue weighted by molar-refractivity contribution is 0.0118. The molecule has 20 heavy (non-hydrogen) atoms. The molecule has 2 rings (SSSR count). The van der Waals surface area contributed by atoms with Crippen LogP contribution in [0, 0.1) is 0 Å². The van der Waals surface area contributed by atoms with Crippen LogP contribution >= 0.6 is 0 Å². The van der Waals surface area contributed by atoms with Gasteiger partial charge in [0.25, 0.3) is 11.8 Å². The minimum atomic E-state index is -3.09. The molecule has 3 N–H and O–H groups in total. The van der Waals surface area contributed by atoms with Gasteiger partial charge in [0.1, 0.15) is 5.82 Å². The maximum Gasteiger partial charge on any atom is 0.277 e. The second-order valence-electron chi connectivity index (χ2n) is 4.81. The van der Waals surface area contributed by atoms with Crippen LogP contribution in [0.4, 0.5) is 14.6 Å². The fraction of sp³-hybridized carbons (Fsp3) is 0.538. The lowest BCUT2D eigenvalue weighted by Gasteiger charge is -2.20. The molecule has 1 saturated heterocycles. The van der Waals surface area contributed by atoms with Crippen LogP contribution in [0.1, 0.15) is 23.2 Å². The van der Waals surface area contributed by atoms with E-state index in [1.54, 1.807) is 18.3 Å². The Kier molecular flexibility index (Phi) is 4.49. The maximum absolute atomic E-state index is 13.1. The molecule has 0 aromatic carbocycles. The number of alkyl halides is 2. The van der Waals surface area contributed by atoms with Gasteiger partial charge in [0.15, 0.2) is 0 Å². The van der Waals surface area contributed by atoms with Crippen molar-refractivity contribution in [2.45, 2.75) is 18.8 Å². The average molecular weight is 284 g/mol. The molecule has 1 aromatic heterocycles. The Morgan fingerprint density at radius 2 is 2.15 bits per heavy atom. The number of aromatic nitrogens is 1. The summed E-state index contributed by atoms with van der Waals surface area (Å²) in [4.78, 5) is 18.2. The minimum Gasteiger partial charge on any atom is -0.356 e. The molecule has 0 saturated carbocycles. The second-order valence-corrected chi connectivity index (χ2v) is 4.81. The monoisotopic (exact) mass is 284 g/mol. The Hall–Kier alpha value is -1.76. The van der Waals surface area contributed by atoms with E-state index < -0.39 is 24.9 Å². The number of halogens is 2. The van der Waals surface area contributed by atoms with Gasteiger partial charge in [0.2, 0.25) is 0 Å². The molecule has 110 valence electrons. The van der Waals surface area contributed by atoms with Crippen molar-refractivity contribution in [3.05, 3.63) is 23.9 Å². The molecule has 2 heterocycles. The third kappa shape index (κ3) is 3.41. The number of anilines is 1. The molecule has 7 heteroatoms. The van der Waals surface area contributed by atoms with Gasteiger partial charge >= 0.3 is 0 Å². The standard InChI is InChI=1S/C13H18F2N4O/c14-13(15,8-16)9-18-12(20)10-4-3-5-17-11(10)19-6-1-2-7-19/h3-5H,1-2,6-9,16H2,(H,18,20). The number of hydrogen-bond acceptors (Lipinski definition) is 4. The predicted molar refractivity (Wildman–Crippen MR) is 72.0 cm³/mol.